The van der Waals surface area contributed by atoms with E-state index in [1.165, 1.54) is 0 Å². The highest BCUT2D eigenvalue weighted by Crippen LogP contribution is 2.19. The first kappa shape index (κ1) is 15.1. The van der Waals surface area contributed by atoms with Gasteiger partial charge in [-0.15, -0.1) is 0 Å². The molecule has 5 nitrogen and oxygen atoms in total. The zero-order valence-corrected chi connectivity index (χ0v) is 13.4. The molecular weight excluding hydrogens is 300 g/mol. The Balaban J connectivity index is 1.63. The van der Waals surface area contributed by atoms with Gasteiger partial charge < -0.3 is 9.88 Å². The second kappa shape index (κ2) is 5.76. The summed E-state index contributed by atoms with van der Waals surface area (Å²) in [5.74, 6) is 0.415. The van der Waals surface area contributed by atoms with Gasteiger partial charge in [0.1, 0.15) is 6.54 Å². The van der Waals surface area contributed by atoms with E-state index in [0.29, 0.717) is 13.0 Å². The first-order chi connectivity index (χ1) is 10.4. The molecular formula is C16H20N2O3S. The second-order valence-electron chi connectivity index (χ2n) is 6.00. The summed E-state index contributed by atoms with van der Waals surface area (Å²) >= 11 is 0. The van der Waals surface area contributed by atoms with E-state index in [2.05, 4.69) is 11.4 Å². The normalized spacial score (nSPS) is 20.3. The van der Waals surface area contributed by atoms with Crippen molar-refractivity contribution in [1.29, 1.82) is 0 Å². The molecule has 0 saturated carbocycles. The summed E-state index contributed by atoms with van der Waals surface area (Å²) in [6, 6.07) is 10.0. The Morgan fingerprint density at radius 2 is 2.14 bits per heavy atom. The molecule has 1 aliphatic heterocycles. The lowest BCUT2D eigenvalue weighted by Gasteiger charge is -2.12. The van der Waals surface area contributed by atoms with Crippen molar-refractivity contribution in [3.8, 4) is 0 Å². The molecule has 1 fully saturated rings. The van der Waals surface area contributed by atoms with Crippen LogP contribution >= 0.6 is 0 Å². The molecule has 2 heterocycles. The van der Waals surface area contributed by atoms with Crippen LogP contribution in [0.5, 0.6) is 0 Å². The van der Waals surface area contributed by atoms with Gasteiger partial charge in [0.15, 0.2) is 9.84 Å². The predicted molar refractivity (Wildman–Crippen MR) is 86.4 cm³/mol. The summed E-state index contributed by atoms with van der Waals surface area (Å²) in [6.45, 7) is 2.69. The van der Waals surface area contributed by atoms with Crippen molar-refractivity contribution < 1.29 is 13.2 Å². The van der Waals surface area contributed by atoms with Crippen molar-refractivity contribution >= 4 is 26.6 Å². The average molecular weight is 320 g/mol. The number of rotatable bonds is 4. The van der Waals surface area contributed by atoms with Crippen molar-refractivity contribution in [2.24, 2.45) is 5.92 Å². The quantitative estimate of drug-likeness (QED) is 0.928. The van der Waals surface area contributed by atoms with E-state index < -0.39 is 9.84 Å². The summed E-state index contributed by atoms with van der Waals surface area (Å²) in [5, 5.41) is 3.99. The van der Waals surface area contributed by atoms with Crippen LogP contribution in [-0.2, 0) is 21.2 Å². The smallest absolute Gasteiger partial charge is 0.239 e. The lowest BCUT2D eigenvalue weighted by molar-refractivity contribution is -0.121. The number of amides is 1. The summed E-state index contributed by atoms with van der Waals surface area (Å²) in [4.78, 5) is 12.1. The molecule has 0 spiro atoms. The summed E-state index contributed by atoms with van der Waals surface area (Å²) in [6.07, 6.45) is 0.647. The van der Waals surface area contributed by atoms with Crippen molar-refractivity contribution in [1.82, 2.24) is 9.88 Å². The summed E-state index contributed by atoms with van der Waals surface area (Å²) in [7, 11) is -2.89. The molecule has 3 rings (SSSR count). The van der Waals surface area contributed by atoms with Crippen molar-refractivity contribution in [2.75, 3.05) is 18.1 Å². The van der Waals surface area contributed by atoms with Crippen LogP contribution in [0.25, 0.3) is 10.9 Å². The Kier molecular flexibility index (Phi) is 3.95. The fourth-order valence-electron chi connectivity index (χ4n) is 3.05. The number of hydrogen-bond acceptors (Lipinski definition) is 3. The maximum atomic E-state index is 12.1. The molecule has 6 heteroatoms. The highest BCUT2D eigenvalue weighted by molar-refractivity contribution is 7.91. The monoisotopic (exact) mass is 320 g/mol. The van der Waals surface area contributed by atoms with Crippen LogP contribution in [0.2, 0.25) is 0 Å². The molecule has 1 amide bonds. The van der Waals surface area contributed by atoms with E-state index in [0.717, 1.165) is 16.6 Å². The van der Waals surface area contributed by atoms with Crippen LogP contribution in [0.3, 0.4) is 0 Å². The van der Waals surface area contributed by atoms with Crippen molar-refractivity contribution in [3.63, 3.8) is 0 Å². The molecule has 0 radical (unpaired) electrons. The highest BCUT2D eigenvalue weighted by atomic mass is 32.2. The van der Waals surface area contributed by atoms with Crippen LogP contribution in [-0.4, -0.2) is 36.9 Å². The number of aromatic nitrogens is 1. The number of benzene rings is 1. The Labute approximate surface area is 130 Å². The number of aryl methyl sites for hydroxylation is 1. The van der Waals surface area contributed by atoms with Gasteiger partial charge in [0.2, 0.25) is 5.91 Å². The number of nitrogens with one attached hydrogen (secondary N) is 1. The van der Waals surface area contributed by atoms with Crippen LogP contribution in [0, 0.1) is 12.8 Å². The maximum Gasteiger partial charge on any atom is 0.239 e. The minimum Gasteiger partial charge on any atom is -0.354 e. The standard InChI is InChI=1S/C16H20N2O3S/c1-12-8-14-4-2-3-5-15(14)18(12)10-16(19)17-9-13-6-7-22(20,21)11-13/h2-5,8,13H,6-7,9-11H2,1H3,(H,17,19). The van der Waals surface area contributed by atoms with Crippen LogP contribution in [0.15, 0.2) is 30.3 Å². The zero-order valence-electron chi connectivity index (χ0n) is 12.6. The van der Waals surface area contributed by atoms with Gasteiger partial charge in [0.05, 0.1) is 11.5 Å². The third-order valence-corrected chi connectivity index (χ3v) is 6.07. The maximum absolute atomic E-state index is 12.1. The molecule has 0 bridgehead atoms. The van der Waals surface area contributed by atoms with Crippen molar-refractivity contribution in [3.05, 3.63) is 36.0 Å². The van der Waals surface area contributed by atoms with Gasteiger partial charge in [0.25, 0.3) is 0 Å². The zero-order chi connectivity index (χ0) is 15.7. The Bertz CT molecular complexity index is 808. The molecule has 1 aromatic heterocycles. The van der Waals surface area contributed by atoms with E-state index in [1.807, 2.05) is 35.8 Å². The summed E-state index contributed by atoms with van der Waals surface area (Å²) < 4.78 is 24.8. The van der Waals surface area contributed by atoms with Gasteiger partial charge in [-0.05, 0) is 36.8 Å². The van der Waals surface area contributed by atoms with Crippen LogP contribution in [0.4, 0.5) is 0 Å². The largest absolute Gasteiger partial charge is 0.354 e. The molecule has 1 aliphatic rings. The average Bonchev–Trinajstić information content (AvgIpc) is 2.97. The van der Waals surface area contributed by atoms with E-state index in [9.17, 15) is 13.2 Å². The number of hydrogen-bond donors (Lipinski definition) is 1. The molecule has 1 N–H and O–H groups in total. The predicted octanol–water partition coefficient (Wildman–Crippen LogP) is 1.50. The topological polar surface area (TPSA) is 68.2 Å². The first-order valence-electron chi connectivity index (χ1n) is 7.46. The van der Waals surface area contributed by atoms with Crippen LogP contribution < -0.4 is 5.32 Å². The Morgan fingerprint density at radius 3 is 2.86 bits per heavy atom. The third-order valence-electron chi connectivity index (χ3n) is 4.23. The number of carbonyl (C=O) groups excluding carboxylic acids is 1. The molecule has 2 aromatic rings. The number of sulfone groups is 1. The molecule has 1 unspecified atom stereocenters. The lowest BCUT2D eigenvalue weighted by Crippen LogP contribution is -2.32. The van der Waals surface area contributed by atoms with E-state index in [-0.39, 0.29) is 29.9 Å². The van der Waals surface area contributed by atoms with Gasteiger partial charge in [-0.1, -0.05) is 18.2 Å². The number of para-hydroxylation sites is 1. The number of nitrogens with zero attached hydrogens (tertiary/aromatic N) is 1. The number of fused-ring (bicyclic) bond motifs is 1. The van der Waals surface area contributed by atoms with E-state index >= 15 is 0 Å². The molecule has 118 valence electrons. The van der Waals surface area contributed by atoms with Gasteiger partial charge in [0, 0.05) is 17.8 Å². The fourth-order valence-corrected chi connectivity index (χ4v) is 4.91. The molecule has 1 atom stereocenters. The minimum absolute atomic E-state index is 0.0523. The third kappa shape index (κ3) is 3.16. The Morgan fingerprint density at radius 1 is 1.36 bits per heavy atom. The molecule has 0 aliphatic carbocycles. The minimum atomic E-state index is -2.89. The summed E-state index contributed by atoms with van der Waals surface area (Å²) in [5.41, 5.74) is 2.08. The lowest BCUT2D eigenvalue weighted by atomic mass is 10.1. The molecule has 1 aromatic carbocycles. The fraction of sp³-hybridized carbons (Fsp3) is 0.438. The number of carbonyl (C=O) groups is 1. The van der Waals surface area contributed by atoms with Crippen LogP contribution in [0.1, 0.15) is 12.1 Å². The van der Waals surface area contributed by atoms with E-state index in [1.54, 1.807) is 0 Å². The van der Waals surface area contributed by atoms with Gasteiger partial charge in [-0.25, -0.2) is 8.42 Å². The molecule has 1 saturated heterocycles. The second-order valence-corrected chi connectivity index (χ2v) is 8.23. The van der Waals surface area contributed by atoms with Gasteiger partial charge in [-0.3, -0.25) is 4.79 Å². The van der Waals surface area contributed by atoms with E-state index in [4.69, 9.17) is 0 Å². The first-order valence-corrected chi connectivity index (χ1v) is 9.29. The van der Waals surface area contributed by atoms with Gasteiger partial charge >= 0.3 is 0 Å². The van der Waals surface area contributed by atoms with Gasteiger partial charge in [-0.2, -0.15) is 0 Å². The SMILES string of the molecule is Cc1cc2ccccc2n1CC(=O)NCC1CCS(=O)(=O)C1. The Hall–Kier alpha value is -1.82. The van der Waals surface area contributed by atoms with Crippen molar-refractivity contribution in [2.45, 2.75) is 19.9 Å². The highest BCUT2D eigenvalue weighted by Gasteiger charge is 2.27. The molecule has 22 heavy (non-hydrogen) atoms.